The topological polar surface area (TPSA) is 39.2 Å². The van der Waals surface area contributed by atoms with Crippen molar-refractivity contribution in [1.29, 1.82) is 0 Å². The molecule has 1 aliphatic carbocycles. The van der Waals surface area contributed by atoms with Crippen molar-refractivity contribution in [1.82, 2.24) is 4.98 Å². The van der Waals surface area contributed by atoms with Crippen LogP contribution in [0.2, 0.25) is 0 Å². The van der Waals surface area contributed by atoms with Crippen LogP contribution in [0.1, 0.15) is 43.9 Å². The standard InChI is InChI=1S/C21H21F2NO2.V/c1-12(14-5-6-14)18-11-17(21(3,4)26-13(2)25)19(23)20(24-18)15-7-9-16(22)10-8-15;/h7-12,14H,3-6H2,1-2H3;/q-2;+2. The molecule has 0 aliphatic heterocycles. The molecule has 1 heterocycles. The van der Waals surface area contributed by atoms with Crippen LogP contribution in [-0.2, 0) is 33.7 Å². The molecule has 3 nitrogen and oxygen atoms in total. The first-order chi connectivity index (χ1) is 12.2. The van der Waals surface area contributed by atoms with Gasteiger partial charge in [0.1, 0.15) is 11.5 Å². The van der Waals surface area contributed by atoms with Crippen molar-refractivity contribution in [2.45, 2.75) is 38.2 Å². The first kappa shape index (κ1) is 21.6. The van der Waals surface area contributed by atoms with Crippen molar-refractivity contribution in [2.75, 3.05) is 0 Å². The van der Waals surface area contributed by atoms with Gasteiger partial charge in [0.05, 0.1) is 0 Å². The molecule has 1 saturated carbocycles. The molecule has 1 atom stereocenters. The summed E-state index contributed by atoms with van der Waals surface area (Å²) >= 11 is 0. The molecule has 1 aliphatic rings. The van der Waals surface area contributed by atoms with E-state index < -0.39 is 23.2 Å². The number of nitrogens with zero attached hydrogens (tertiary/aromatic N) is 1. The van der Waals surface area contributed by atoms with E-state index in [4.69, 9.17) is 4.74 Å². The van der Waals surface area contributed by atoms with Crippen molar-refractivity contribution in [3.05, 3.63) is 67.1 Å². The molecule has 0 amide bonds. The molecule has 6 heteroatoms. The molecule has 1 radical (unpaired) electrons. The molecular weight excluding hydrogens is 387 g/mol. The summed E-state index contributed by atoms with van der Waals surface area (Å²) in [6, 6.07) is 7.02. The molecule has 1 fully saturated rings. The van der Waals surface area contributed by atoms with E-state index in [2.05, 4.69) is 18.8 Å². The number of rotatable bonds is 5. The Hall–Kier alpha value is -1.72. The van der Waals surface area contributed by atoms with Gasteiger partial charge in [-0.2, -0.15) is 0 Å². The van der Waals surface area contributed by atoms with Gasteiger partial charge >= 0.3 is 18.6 Å². The molecule has 27 heavy (non-hydrogen) atoms. The average molecular weight is 408 g/mol. The number of hydrogen-bond acceptors (Lipinski definition) is 3. The minimum absolute atomic E-state index is 0. The van der Waals surface area contributed by atoms with Gasteiger partial charge in [-0.15, -0.1) is 5.60 Å². The molecule has 2 aromatic rings. The molecular formula is C21H21F2NO2V. The second-order valence-electron chi connectivity index (χ2n) is 6.98. The van der Waals surface area contributed by atoms with Crippen LogP contribution in [-0.4, -0.2) is 11.0 Å². The molecule has 1 aromatic heterocycles. The summed E-state index contributed by atoms with van der Waals surface area (Å²) in [7, 11) is 0. The van der Waals surface area contributed by atoms with E-state index in [0.29, 0.717) is 17.2 Å². The summed E-state index contributed by atoms with van der Waals surface area (Å²) in [5, 5.41) is 0. The molecule has 1 aromatic carbocycles. The Labute approximate surface area is 170 Å². The maximum absolute atomic E-state index is 15.2. The van der Waals surface area contributed by atoms with E-state index in [1.54, 1.807) is 6.07 Å². The van der Waals surface area contributed by atoms with Gasteiger partial charge < -0.3 is 18.6 Å². The molecule has 0 spiro atoms. The number of hydrogen-bond donors (Lipinski definition) is 0. The number of carbonyl (C=O) groups is 1. The van der Waals surface area contributed by atoms with E-state index >= 15 is 4.39 Å². The first-order valence-corrected chi connectivity index (χ1v) is 8.56. The molecule has 0 N–H and O–H groups in total. The Bertz CT molecular complexity index is 833. The number of pyridine rings is 1. The number of benzene rings is 1. The summed E-state index contributed by atoms with van der Waals surface area (Å²) in [5.41, 5.74) is -0.370. The quantitative estimate of drug-likeness (QED) is 0.518. The summed E-state index contributed by atoms with van der Waals surface area (Å²) in [6.45, 7) is 10.8. The maximum atomic E-state index is 15.2. The molecule has 0 bridgehead atoms. The van der Waals surface area contributed by atoms with Crippen LogP contribution >= 0.6 is 0 Å². The molecule has 1 unspecified atom stereocenters. The fourth-order valence-corrected chi connectivity index (χ4v) is 3.08. The predicted molar refractivity (Wildman–Crippen MR) is 94.9 cm³/mol. The van der Waals surface area contributed by atoms with Gasteiger partial charge in [0, 0.05) is 24.1 Å². The van der Waals surface area contributed by atoms with Crippen LogP contribution in [0, 0.1) is 31.4 Å². The van der Waals surface area contributed by atoms with Crippen LogP contribution in [0.5, 0.6) is 0 Å². The normalized spacial score (nSPS) is 15.0. The third-order valence-corrected chi connectivity index (χ3v) is 4.72. The smallest absolute Gasteiger partial charge is 0.520 e. The van der Waals surface area contributed by atoms with E-state index in [1.807, 2.05) is 6.92 Å². The summed E-state index contributed by atoms with van der Waals surface area (Å²) in [5.74, 6) is -1.07. The average Bonchev–Trinajstić information content (AvgIpc) is 3.39. The Kier molecular flexibility index (Phi) is 6.49. The maximum Gasteiger partial charge on any atom is 2.00 e. The second kappa shape index (κ2) is 8.11. The minimum atomic E-state index is -1.63. The Morgan fingerprint density at radius 3 is 2.37 bits per heavy atom. The number of esters is 1. The van der Waals surface area contributed by atoms with Crippen LogP contribution < -0.4 is 0 Å². The first-order valence-electron chi connectivity index (χ1n) is 8.56. The predicted octanol–water partition coefficient (Wildman–Crippen LogP) is 4.96. The van der Waals surface area contributed by atoms with Crippen molar-refractivity contribution >= 4 is 5.97 Å². The monoisotopic (exact) mass is 408 g/mol. The minimum Gasteiger partial charge on any atom is -0.520 e. The third-order valence-electron chi connectivity index (χ3n) is 4.72. The zero-order valence-corrected chi connectivity index (χ0v) is 16.7. The summed E-state index contributed by atoms with van der Waals surface area (Å²) in [6.07, 6.45) is 2.20. The molecule has 0 saturated heterocycles. The number of aromatic nitrogens is 1. The molecule has 141 valence electrons. The van der Waals surface area contributed by atoms with Gasteiger partial charge in [0.2, 0.25) is 0 Å². The van der Waals surface area contributed by atoms with E-state index in [1.165, 1.54) is 31.2 Å². The van der Waals surface area contributed by atoms with E-state index in [0.717, 1.165) is 12.8 Å². The van der Waals surface area contributed by atoms with Crippen LogP contribution in [0.3, 0.4) is 0 Å². The van der Waals surface area contributed by atoms with Gasteiger partial charge in [-0.3, -0.25) is 4.79 Å². The van der Waals surface area contributed by atoms with Crippen LogP contribution in [0.25, 0.3) is 11.3 Å². The van der Waals surface area contributed by atoms with Crippen molar-refractivity contribution in [2.24, 2.45) is 5.92 Å². The number of carbonyl (C=O) groups excluding carboxylic acids is 1. The van der Waals surface area contributed by atoms with Gasteiger partial charge in [-0.25, -0.2) is 13.8 Å². The van der Waals surface area contributed by atoms with Crippen molar-refractivity contribution in [3.63, 3.8) is 0 Å². The Morgan fingerprint density at radius 1 is 1.26 bits per heavy atom. The molecule has 3 rings (SSSR count). The Balaban J connectivity index is 0.00000261. The second-order valence-corrected chi connectivity index (χ2v) is 6.98. The zero-order chi connectivity index (χ0) is 19.1. The number of ether oxygens (including phenoxy) is 1. The Morgan fingerprint density at radius 2 is 1.85 bits per heavy atom. The van der Waals surface area contributed by atoms with E-state index in [9.17, 15) is 9.18 Å². The fourth-order valence-electron chi connectivity index (χ4n) is 3.08. The number of halogens is 2. The van der Waals surface area contributed by atoms with Gasteiger partial charge in [0.15, 0.2) is 5.82 Å². The van der Waals surface area contributed by atoms with Gasteiger partial charge in [-0.1, -0.05) is 6.92 Å². The van der Waals surface area contributed by atoms with Crippen LogP contribution in [0.4, 0.5) is 8.78 Å². The summed E-state index contributed by atoms with van der Waals surface area (Å²) in [4.78, 5) is 15.9. The van der Waals surface area contributed by atoms with E-state index in [-0.39, 0.29) is 35.7 Å². The largest absolute Gasteiger partial charge is 2.00 e. The van der Waals surface area contributed by atoms with Gasteiger partial charge in [-0.05, 0) is 54.7 Å². The van der Waals surface area contributed by atoms with Crippen molar-refractivity contribution < 1.29 is 36.9 Å². The van der Waals surface area contributed by atoms with Gasteiger partial charge in [0.25, 0.3) is 5.97 Å². The third kappa shape index (κ3) is 4.77. The summed E-state index contributed by atoms with van der Waals surface area (Å²) < 4.78 is 33.6. The van der Waals surface area contributed by atoms with Crippen LogP contribution in [0.15, 0.2) is 30.3 Å². The van der Waals surface area contributed by atoms with Crippen molar-refractivity contribution in [3.8, 4) is 11.3 Å². The zero-order valence-electron chi connectivity index (χ0n) is 15.3. The SMILES string of the molecule is [CH2-]C([CH2-])(OC(C)=O)c1cc(C(C)C2CC2)nc(-c2ccc(F)cc2)c1F.[V+2]. The fraction of sp³-hybridized carbons (Fsp3) is 0.333.